The summed E-state index contributed by atoms with van der Waals surface area (Å²) in [5.74, 6) is 0.689. The van der Waals surface area contributed by atoms with Crippen molar-refractivity contribution in [2.24, 2.45) is 0 Å². The number of hydrogen-bond acceptors (Lipinski definition) is 6. The molecule has 1 aliphatic heterocycles. The van der Waals surface area contributed by atoms with Gasteiger partial charge in [0.25, 0.3) is 5.91 Å². The van der Waals surface area contributed by atoms with Crippen LogP contribution >= 0.6 is 0 Å². The first-order chi connectivity index (χ1) is 14.0. The smallest absolute Gasteiger partial charge is 0.274 e. The largest absolute Gasteiger partial charge is 0.384 e. The van der Waals surface area contributed by atoms with Gasteiger partial charge in [-0.2, -0.15) is 5.10 Å². The van der Waals surface area contributed by atoms with E-state index in [9.17, 15) is 9.18 Å². The molecule has 2 N–H and O–H groups in total. The molecule has 1 fully saturated rings. The van der Waals surface area contributed by atoms with Crippen molar-refractivity contribution < 1.29 is 9.18 Å². The molecule has 0 bridgehead atoms. The molecule has 29 heavy (non-hydrogen) atoms. The van der Waals surface area contributed by atoms with E-state index >= 15 is 0 Å². The summed E-state index contributed by atoms with van der Waals surface area (Å²) < 4.78 is 14.7. The fourth-order valence-corrected chi connectivity index (χ4v) is 3.47. The number of rotatable bonds is 5. The maximum absolute atomic E-state index is 13.1. The fraction of sp³-hybridized carbons (Fsp3) is 0.300. The molecule has 2 aromatic heterocycles. The monoisotopic (exact) mass is 395 g/mol. The lowest BCUT2D eigenvalue weighted by atomic mass is 10.2. The topological polar surface area (TPSA) is 93.2 Å². The van der Waals surface area contributed by atoms with Crippen LogP contribution in [-0.2, 0) is 6.54 Å². The molecule has 1 aromatic carbocycles. The number of nitrogens with two attached hydrogens (primary N) is 1. The SMILES string of the molecule is CN(Cc1nccc(N)n1)C1CCN(C(=O)c2ccn(-c3ccc(F)cc3)n2)C1. The summed E-state index contributed by atoms with van der Waals surface area (Å²) >= 11 is 0. The van der Waals surface area contributed by atoms with E-state index in [1.165, 1.54) is 12.1 Å². The van der Waals surface area contributed by atoms with Crippen LogP contribution in [0.2, 0.25) is 0 Å². The zero-order valence-corrected chi connectivity index (χ0v) is 16.1. The molecule has 0 radical (unpaired) electrons. The summed E-state index contributed by atoms with van der Waals surface area (Å²) in [6.45, 7) is 1.84. The molecule has 0 saturated carbocycles. The number of nitrogens with zero attached hydrogens (tertiary/aromatic N) is 6. The Kier molecular flexibility index (Phi) is 5.22. The maximum Gasteiger partial charge on any atom is 0.274 e. The van der Waals surface area contributed by atoms with Gasteiger partial charge in [-0.25, -0.2) is 19.0 Å². The molecular weight excluding hydrogens is 373 g/mol. The van der Waals surface area contributed by atoms with Gasteiger partial charge in [-0.05, 0) is 49.9 Å². The van der Waals surface area contributed by atoms with Gasteiger partial charge in [0.1, 0.15) is 17.5 Å². The molecule has 1 saturated heterocycles. The second kappa shape index (κ2) is 7.96. The summed E-state index contributed by atoms with van der Waals surface area (Å²) in [5, 5.41) is 4.36. The fourth-order valence-electron chi connectivity index (χ4n) is 3.47. The summed E-state index contributed by atoms with van der Waals surface area (Å²) in [5.41, 5.74) is 6.79. The Balaban J connectivity index is 1.38. The van der Waals surface area contributed by atoms with Crippen molar-refractivity contribution in [2.45, 2.75) is 19.0 Å². The lowest BCUT2D eigenvalue weighted by Crippen LogP contribution is -2.36. The minimum atomic E-state index is -0.312. The van der Waals surface area contributed by atoms with Crippen LogP contribution in [0.1, 0.15) is 22.7 Å². The number of likely N-dealkylation sites (N-methyl/N-ethyl adjacent to an activating group) is 1. The van der Waals surface area contributed by atoms with Gasteiger partial charge in [-0.1, -0.05) is 0 Å². The van der Waals surface area contributed by atoms with E-state index in [4.69, 9.17) is 5.73 Å². The lowest BCUT2D eigenvalue weighted by Gasteiger charge is -2.23. The predicted octanol–water partition coefficient (Wildman–Crippen LogP) is 1.73. The summed E-state index contributed by atoms with van der Waals surface area (Å²) in [7, 11) is 1.99. The van der Waals surface area contributed by atoms with Crippen molar-refractivity contribution in [3.8, 4) is 5.69 Å². The number of amides is 1. The third-order valence-electron chi connectivity index (χ3n) is 5.09. The number of likely N-dealkylation sites (tertiary alicyclic amines) is 1. The minimum Gasteiger partial charge on any atom is -0.384 e. The molecule has 0 spiro atoms. The highest BCUT2D eigenvalue weighted by Crippen LogP contribution is 2.18. The average Bonchev–Trinajstić information content (AvgIpc) is 3.38. The molecule has 9 heteroatoms. The number of hydrogen-bond donors (Lipinski definition) is 1. The number of benzene rings is 1. The molecule has 1 atom stereocenters. The quantitative estimate of drug-likeness (QED) is 0.707. The average molecular weight is 395 g/mol. The Bertz CT molecular complexity index is 1000. The van der Waals surface area contributed by atoms with Crippen LogP contribution in [0, 0.1) is 5.82 Å². The Morgan fingerprint density at radius 1 is 1.28 bits per heavy atom. The molecule has 150 valence electrons. The maximum atomic E-state index is 13.1. The Morgan fingerprint density at radius 2 is 2.07 bits per heavy atom. The van der Waals surface area contributed by atoms with Crippen molar-refractivity contribution in [1.29, 1.82) is 0 Å². The Labute approximate surface area is 167 Å². The highest BCUT2D eigenvalue weighted by atomic mass is 19.1. The third kappa shape index (κ3) is 4.24. The number of carbonyl (C=O) groups excluding carboxylic acids is 1. The number of anilines is 1. The molecule has 1 aliphatic rings. The van der Waals surface area contributed by atoms with Crippen molar-refractivity contribution in [1.82, 2.24) is 29.5 Å². The van der Waals surface area contributed by atoms with E-state index in [0.29, 0.717) is 42.7 Å². The van der Waals surface area contributed by atoms with Crippen LogP contribution in [-0.4, -0.2) is 61.6 Å². The highest BCUT2D eigenvalue weighted by molar-refractivity contribution is 5.92. The second-order valence-electron chi connectivity index (χ2n) is 7.13. The molecule has 3 heterocycles. The van der Waals surface area contributed by atoms with Crippen LogP contribution < -0.4 is 5.73 Å². The molecule has 1 amide bonds. The summed E-state index contributed by atoms with van der Waals surface area (Å²) in [6, 6.07) is 9.52. The zero-order chi connectivity index (χ0) is 20.4. The Morgan fingerprint density at radius 3 is 2.83 bits per heavy atom. The minimum absolute atomic E-state index is 0.109. The first-order valence-corrected chi connectivity index (χ1v) is 9.38. The zero-order valence-electron chi connectivity index (χ0n) is 16.1. The third-order valence-corrected chi connectivity index (χ3v) is 5.09. The van der Waals surface area contributed by atoms with E-state index < -0.39 is 0 Å². The second-order valence-corrected chi connectivity index (χ2v) is 7.13. The summed E-state index contributed by atoms with van der Waals surface area (Å²) in [6.07, 6.45) is 4.22. The van der Waals surface area contributed by atoms with Gasteiger partial charge in [-0.15, -0.1) is 0 Å². The highest BCUT2D eigenvalue weighted by Gasteiger charge is 2.30. The molecule has 8 nitrogen and oxygen atoms in total. The lowest BCUT2D eigenvalue weighted by molar-refractivity contribution is 0.0773. The van der Waals surface area contributed by atoms with Crippen molar-refractivity contribution in [2.75, 3.05) is 25.9 Å². The van der Waals surface area contributed by atoms with Crippen LogP contribution in [0.15, 0.2) is 48.8 Å². The van der Waals surface area contributed by atoms with E-state index in [0.717, 1.165) is 6.42 Å². The van der Waals surface area contributed by atoms with Gasteiger partial charge in [0.15, 0.2) is 5.69 Å². The normalized spacial score (nSPS) is 16.5. The molecule has 4 rings (SSSR count). The molecular formula is C20H22FN7O. The van der Waals surface area contributed by atoms with Crippen molar-refractivity contribution in [3.05, 3.63) is 66.1 Å². The van der Waals surface area contributed by atoms with Crippen LogP contribution in [0.5, 0.6) is 0 Å². The van der Waals surface area contributed by atoms with E-state index in [-0.39, 0.29) is 17.8 Å². The molecule has 3 aromatic rings. The number of aromatic nitrogens is 4. The first kappa shape index (κ1) is 19.0. The Hall–Kier alpha value is -3.33. The molecule has 1 unspecified atom stereocenters. The van der Waals surface area contributed by atoms with E-state index in [2.05, 4.69) is 20.0 Å². The van der Waals surface area contributed by atoms with Crippen LogP contribution in [0.3, 0.4) is 0 Å². The number of nitrogen functional groups attached to an aromatic ring is 1. The van der Waals surface area contributed by atoms with Gasteiger partial charge in [0.05, 0.1) is 12.2 Å². The van der Waals surface area contributed by atoms with Gasteiger partial charge >= 0.3 is 0 Å². The van der Waals surface area contributed by atoms with E-state index in [1.807, 2.05) is 7.05 Å². The van der Waals surface area contributed by atoms with Gasteiger partial charge in [0, 0.05) is 31.5 Å². The first-order valence-electron chi connectivity index (χ1n) is 9.38. The predicted molar refractivity (Wildman–Crippen MR) is 106 cm³/mol. The summed E-state index contributed by atoms with van der Waals surface area (Å²) in [4.78, 5) is 25.3. The van der Waals surface area contributed by atoms with Gasteiger partial charge < -0.3 is 10.6 Å². The standard InChI is InChI=1S/C20H22FN7O/c1-26(13-19-23-9-6-18(22)24-19)16-7-10-27(12-16)20(29)17-8-11-28(25-17)15-4-2-14(21)3-5-15/h2-6,8-9,11,16H,7,10,12-13H2,1H3,(H2,22,23,24). The number of carbonyl (C=O) groups is 1. The van der Waals surface area contributed by atoms with Gasteiger partial charge in [0.2, 0.25) is 0 Å². The number of halogens is 1. The van der Waals surface area contributed by atoms with E-state index in [1.54, 1.807) is 46.2 Å². The van der Waals surface area contributed by atoms with Gasteiger partial charge in [-0.3, -0.25) is 9.69 Å². The van der Waals surface area contributed by atoms with Crippen molar-refractivity contribution >= 4 is 11.7 Å². The van der Waals surface area contributed by atoms with Crippen LogP contribution in [0.4, 0.5) is 10.2 Å². The van der Waals surface area contributed by atoms with Crippen LogP contribution in [0.25, 0.3) is 5.69 Å². The van der Waals surface area contributed by atoms with Crippen molar-refractivity contribution in [3.63, 3.8) is 0 Å². The molecule has 0 aliphatic carbocycles.